The van der Waals surface area contributed by atoms with Gasteiger partial charge < -0.3 is 14.5 Å². The van der Waals surface area contributed by atoms with E-state index in [4.69, 9.17) is 4.74 Å². The molecule has 0 aliphatic heterocycles. The Labute approximate surface area is 124 Å². The fourth-order valence-corrected chi connectivity index (χ4v) is 1.66. The lowest BCUT2D eigenvalue weighted by Gasteiger charge is -2.09. The van der Waals surface area contributed by atoms with Crippen LogP contribution in [-0.2, 0) is 0 Å². The van der Waals surface area contributed by atoms with E-state index in [1.165, 1.54) is 31.5 Å². The molecule has 0 bridgehead atoms. The zero-order chi connectivity index (χ0) is 15.9. The number of methoxy groups -OCH3 is 1. The summed E-state index contributed by atoms with van der Waals surface area (Å²) in [6.07, 6.45) is 2.97. The van der Waals surface area contributed by atoms with Gasteiger partial charge in [-0.05, 0) is 35.9 Å². The number of ether oxygens (including phenoxy) is 2. The minimum absolute atomic E-state index is 0.0786. The van der Waals surface area contributed by atoms with Crippen LogP contribution in [0.5, 0.6) is 11.5 Å². The Balaban J connectivity index is 2.03. The number of carbonyl (C=O) groups excluding carboxylic acids is 1. The average Bonchev–Trinajstić information content (AvgIpc) is 3.02. The third-order valence-corrected chi connectivity index (χ3v) is 2.63. The molecule has 22 heavy (non-hydrogen) atoms. The van der Waals surface area contributed by atoms with Gasteiger partial charge in [0.25, 0.3) is 5.91 Å². The molecule has 1 heterocycles. The first kappa shape index (κ1) is 15.5. The number of nitrogens with zero attached hydrogens (tertiary/aromatic N) is 1. The van der Waals surface area contributed by atoms with E-state index >= 15 is 0 Å². The van der Waals surface area contributed by atoms with Crippen molar-refractivity contribution in [3.8, 4) is 11.5 Å². The summed E-state index contributed by atoms with van der Waals surface area (Å²) in [4.78, 5) is 14.3. The van der Waals surface area contributed by atoms with E-state index in [0.717, 1.165) is 0 Å². The van der Waals surface area contributed by atoms with Crippen LogP contribution in [-0.4, -0.2) is 30.8 Å². The van der Waals surface area contributed by atoms with E-state index in [1.54, 1.807) is 18.3 Å². The van der Waals surface area contributed by atoms with Crippen molar-refractivity contribution in [1.29, 1.82) is 0 Å². The summed E-state index contributed by atoms with van der Waals surface area (Å²) in [5, 5.41) is 3.77. The molecule has 0 saturated heterocycles. The number of halogens is 2. The van der Waals surface area contributed by atoms with Crippen molar-refractivity contribution in [2.24, 2.45) is 5.10 Å². The van der Waals surface area contributed by atoms with Crippen molar-refractivity contribution in [2.45, 2.75) is 6.61 Å². The van der Waals surface area contributed by atoms with Gasteiger partial charge in [0.15, 0.2) is 11.5 Å². The van der Waals surface area contributed by atoms with Gasteiger partial charge in [0.2, 0.25) is 0 Å². The standard InChI is InChI=1S/C14H13F2N3O3/c1-21-12-7-9(4-5-11(12)22-14(15)16)8-18-19-13(20)10-3-2-6-17-10/h2-8,14,17H,1H3,(H,19,20)/b18-8-. The Morgan fingerprint density at radius 1 is 1.36 bits per heavy atom. The van der Waals surface area contributed by atoms with Crippen LogP contribution in [0.3, 0.4) is 0 Å². The highest BCUT2D eigenvalue weighted by atomic mass is 19.3. The van der Waals surface area contributed by atoms with Gasteiger partial charge in [-0.2, -0.15) is 13.9 Å². The molecule has 2 N–H and O–H groups in total. The fraction of sp³-hybridized carbons (Fsp3) is 0.143. The highest BCUT2D eigenvalue weighted by Crippen LogP contribution is 2.28. The first-order chi connectivity index (χ1) is 10.6. The number of aromatic amines is 1. The molecule has 8 heteroatoms. The Hall–Kier alpha value is -2.90. The van der Waals surface area contributed by atoms with E-state index in [0.29, 0.717) is 11.3 Å². The van der Waals surface area contributed by atoms with Crippen molar-refractivity contribution in [2.75, 3.05) is 7.11 Å². The van der Waals surface area contributed by atoms with E-state index in [2.05, 4.69) is 20.2 Å². The SMILES string of the molecule is COc1cc(/C=N\NC(=O)c2ccc[nH]2)ccc1OC(F)F. The molecular formula is C14H13F2N3O3. The zero-order valence-corrected chi connectivity index (χ0v) is 11.5. The van der Waals surface area contributed by atoms with Gasteiger partial charge in [-0.1, -0.05) is 0 Å². The van der Waals surface area contributed by atoms with Gasteiger partial charge in [-0.3, -0.25) is 4.79 Å². The molecular weight excluding hydrogens is 296 g/mol. The number of nitrogens with one attached hydrogen (secondary N) is 2. The second-order valence-electron chi connectivity index (χ2n) is 4.07. The van der Waals surface area contributed by atoms with Crippen LogP contribution in [0, 0.1) is 0 Å². The number of hydrogen-bond donors (Lipinski definition) is 2. The monoisotopic (exact) mass is 309 g/mol. The molecule has 116 valence electrons. The number of hydrazone groups is 1. The largest absolute Gasteiger partial charge is 0.493 e. The van der Waals surface area contributed by atoms with Gasteiger partial charge in [-0.15, -0.1) is 0 Å². The topological polar surface area (TPSA) is 75.7 Å². The molecule has 2 aromatic rings. The van der Waals surface area contributed by atoms with E-state index in [1.807, 2.05) is 0 Å². The maximum atomic E-state index is 12.2. The smallest absolute Gasteiger partial charge is 0.387 e. The highest BCUT2D eigenvalue weighted by Gasteiger charge is 2.10. The summed E-state index contributed by atoms with van der Waals surface area (Å²) in [6.45, 7) is -2.94. The first-order valence-electron chi connectivity index (χ1n) is 6.20. The molecule has 0 aliphatic carbocycles. The number of hydrogen-bond acceptors (Lipinski definition) is 4. The Kier molecular flexibility index (Phi) is 5.07. The van der Waals surface area contributed by atoms with E-state index in [-0.39, 0.29) is 11.5 Å². The summed E-state index contributed by atoms with van der Waals surface area (Å²) in [5.74, 6) is -0.337. The highest BCUT2D eigenvalue weighted by molar-refractivity contribution is 5.93. The quantitative estimate of drug-likeness (QED) is 0.635. The summed E-state index contributed by atoms with van der Waals surface area (Å²) in [7, 11) is 1.33. The second kappa shape index (κ2) is 7.21. The van der Waals surface area contributed by atoms with E-state index in [9.17, 15) is 13.6 Å². The minimum Gasteiger partial charge on any atom is -0.493 e. The normalized spacial score (nSPS) is 10.9. The first-order valence-corrected chi connectivity index (χ1v) is 6.20. The molecule has 0 atom stereocenters. The number of aromatic nitrogens is 1. The molecule has 0 radical (unpaired) electrons. The molecule has 0 spiro atoms. The number of alkyl halides is 2. The number of H-pyrrole nitrogens is 1. The zero-order valence-electron chi connectivity index (χ0n) is 11.5. The lowest BCUT2D eigenvalue weighted by Crippen LogP contribution is -2.17. The van der Waals surface area contributed by atoms with Crippen LogP contribution in [0.15, 0.2) is 41.6 Å². The maximum Gasteiger partial charge on any atom is 0.387 e. The molecule has 1 amide bonds. The average molecular weight is 309 g/mol. The number of benzene rings is 1. The summed E-state index contributed by atoms with van der Waals surface area (Å²) in [6, 6.07) is 7.58. The van der Waals surface area contributed by atoms with Gasteiger partial charge in [0.05, 0.1) is 13.3 Å². The summed E-state index contributed by atoms with van der Waals surface area (Å²) in [5.41, 5.74) is 3.24. The molecule has 6 nitrogen and oxygen atoms in total. The Morgan fingerprint density at radius 3 is 2.82 bits per heavy atom. The van der Waals surface area contributed by atoms with Crippen molar-refractivity contribution >= 4 is 12.1 Å². The van der Waals surface area contributed by atoms with Crippen LogP contribution in [0.25, 0.3) is 0 Å². The van der Waals surface area contributed by atoms with Crippen LogP contribution in [0.2, 0.25) is 0 Å². The Bertz CT molecular complexity index is 657. The third-order valence-electron chi connectivity index (χ3n) is 2.63. The minimum atomic E-state index is -2.94. The maximum absolute atomic E-state index is 12.2. The van der Waals surface area contributed by atoms with Crippen molar-refractivity contribution in [1.82, 2.24) is 10.4 Å². The molecule has 0 aliphatic rings. The molecule has 0 saturated carbocycles. The Morgan fingerprint density at radius 2 is 2.18 bits per heavy atom. The molecule has 0 fully saturated rings. The molecule has 1 aromatic heterocycles. The van der Waals surface area contributed by atoms with Crippen molar-refractivity contribution in [3.05, 3.63) is 47.8 Å². The van der Waals surface area contributed by atoms with Crippen LogP contribution < -0.4 is 14.9 Å². The van der Waals surface area contributed by atoms with Crippen LogP contribution >= 0.6 is 0 Å². The van der Waals surface area contributed by atoms with Crippen molar-refractivity contribution in [3.63, 3.8) is 0 Å². The predicted molar refractivity (Wildman–Crippen MR) is 75.5 cm³/mol. The van der Waals surface area contributed by atoms with E-state index < -0.39 is 12.5 Å². The van der Waals surface area contributed by atoms with Gasteiger partial charge >= 0.3 is 6.61 Å². The predicted octanol–water partition coefficient (Wildman–Crippen LogP) is 2.39. The second-order valence-corrected chi connectivity index (χ2v) is 4.07. The summed E-state index contributed by atoms with van der Waals surface area (Å²) >= 11 is 0. The van der Waals surface area contributed by atoms with Gasteiger partial charge in [-0.25, -0.2) is 5.43 Å². The number of carbonyl (C=O) groups is 1. The van der Waals surface area contributed by atoms with Crippen LogP contribution in [0.1, 0.15) is 16.1 Å². The molecule has 2 rings (SSSR count). The van der Waals surface area contributed by atoms with Gasteiger partial charge in [0, 0.05) is 6.20 Å². The number of rotatable bonds is 6. The molecule has 1 aromatic carbocycles. The van der Waals surface area contributed by atoms with Crippen LogP contribution in [0.4, 0.5) is 8.78 Å². The molecule has 0 unspecified atom stereocenters. The fourth-order valence-electron chi connectivity index (χ4n) is 1.66. The van der Waals surface area contributed by atoms with Crippen molar-refractivity contribution < 1.29 is 23.0 Å². The lowest BCUT2D eigenvalue weighted by atomic mass is 10.2. The summed E-state index contributed by atoms with van der Waals surface area (Å²) < 4.78 is 33.7. The van der Waals surface area contributed by atoms with Gasteiger partial charge in [0.1, 0.15) is 5.69 Å². The third kappa shape index (κ3) is 4.05. The number of amides is 1. The lowest BCUT2D eigenvalue weighted by molar-refractivity contribution is -0.0512.